The van der Waals surface area contributed by atoms with E-state index in [2.05, 4.69) is 30.6 Å². The van der Waals surface area contributed by atoms with E-state index in [4.69, 9.17) is 11.6 Å². The third-order valence-electron chi connectivity index (χ3n) is 4.60. The van der Waals surface area contributed by atoms with E-state index in [0.717, 1.165) is 0 Å². The number of urea groups is 1. The Kier molecular flexibility index (Phi) is 6.18. The number of piperazine rings is 1. The lowest BCUT2D eigenvalue weighted by Gasteiger charge is -2.34. The highest BCUT2D eigenvalue weighted by Crippen LogP contribution is 2.17. The van der Waals surface area contributed by atoms with Gasteiger partial charge in [-0.2, -0.15) is 0 Å². The quantitative estimate of drug-likeness (QED) is 0.642. The molecule has 4 rings (SSSR count). The van der Waals surface area contributed by atoms with E-state index in [0.29, 0.717) is 48.5 Å². The van der Waals surface area contributed by atoms with Gasteiger partial charge in [0.1, 0.15) is 0 Å². The molecule has 2 aromatic heterocycles. The van der Waals surface area contributed by atoms with Gasteiger partial charge in [0.25, 0.3) is 5.91 Å². The molecule has 0 saturated carbocycles. The number of hydrogen-bond acceptors (Lipinski definition) is 7. The maximum atomic E-state index is 12.6. The van der Waals surface area contributed by atoms with Gasteiger partial charge in [-0.15, -0.1) is 0 Å². The molecule has 3 heterocycles. The third kappa shape index (κ3) is 5.23. The number of amides is 3. The molecule has 1 aliphatic heterocycles. The predicted octanol–water partition coefficient (Wildman–Crippen LogP) is 2.53. The predicted molar refractivity (Wildman–Crippen MR) is 116 cm³/mol. The van der Waals surface area contributed by atoms with Crippen LogP contribution < -0.4 is 15.5 Å². The molecule has 10 nitrogen and oxygen atoms in total. The summed E-state index contributed by atoms with van der Waals surface area (Å²) < 4.78 is 0. The SMILES string of the molecule is O=C(Nc1cccc(NC(=O)N2CCN(c3ncccn3)CC2)c1)c1ncc(Cl)cn1. The van der Waals surface area contributed by atoms with Crippen molar-refractivity contribution in [3.63, 3.8) is 0 Å². The molecule has 0 bridgehead atoms. The average Bonchev–Trinajstić information content (AvgIpc) is 2.80. The van der Waals surface area contributed by atoms with Gasteiger partial charge in [0.15, 0.2) is 0 Å². The van der Waals surface area contributed by atoms with Crippen molar-refractivity contribution in [2.45, 2.75) is 0 Å². The number of aromatic nitrogens is 4. The lowest BCUT2D eigenvalue weighted by molar-refractivity contribution is 0.101. The maximum absolute atomic E-state index is 12.6. The van der Waals surface area contributed by atoms with Crippen molar-refractivity contribution >= 4 is 40.9 Å². The molecule has 3 aromatic rings. The minimum absolute atomic E-state index is 0.000828. The number of hydrogen-bond donors (Lipinski definition) is 2. The van der Waals surface area contributed by atoms with Crippen LogP contribution in [0.5, 0.6) is 0 Å². The zero-order valence-electron chi connectivity index (χ0n) is 16.4. The number of carbonyl (C=O) groups is 2. The molecule has 1 saturated heterocycles. The fourth-order valence-electron chi connectivity index (χ4n) is 3.06. The van der Waals surface area contributed by atoms with Crippen LogP contribution in [0.2, 0.25) is 5.02 Å². The lowest BCUT2D eigenvalue weighted by Crippen LogP contribution is -2.50. The van der Waals surface area contributed by atoms with Crippen LogP contribution in [0.1, 0.15) is 10.6 Å². The van der Waals surface area contributed by atoms with Gasteiger partial charge < -0.3 is 20.4 Å². The lowest BCUT2D eigenvalue weighted by atomic mass is 10.2. The standard InChI is InChI=1S/C20H19ClN8O2/c21-14-12-24-17(25-13-14)18(30)26-15-3-1-4-16(11-15)27-20(31)29-9-7-28(8-10-29)19-22-5-2-6-23-19/h1-6,11-13H,7-10H2,(H,26,30)(H,27,31). The summed E-state index contributed by atoms with van der Waals surface area (Å²) >= 11 is 5.74. The van der Waals surface area contributed by atoms with Gasteiger partial charge in [-0.1, -0.05) is 17.7 Å². The molecular weight excluding hydrogens is 420 g/mol. The maximum Gasteiger partial charge on any atom is 0.321 e. The minimum Gasteiger partial charge on any atom is -0.337 e. The minimum atomic E-state index is -0.473. The van der Waals surface area contributed by atoms with Gasteiger partial charge in [0.2, 0.25) is 11.8 Å². The average molecular weight is 439 g/mol. The number of anilines is 3. The van der Waals surface area contributed by atoms with Crippen LogP contribution in [-0.2, 0) is 0 Å². The second-order valence-electron chi connectivity index (χ2n) is 6.71. The van der Waals surface area contributed by atoms with Crippen LogP contribution in [0.4, 0.5) is 22.1 Å². The van der Waals surface area contributed by atoms with E-state index in [1.165, 1.54) is 12.4 Å². The second-order valence-corrected chi connectivity index (χ2v) is 7.15. The summed E-state index contributed by atoms with van der Waals surface area (Å²) in [4.78, 5) is 44.9. The van der Waals surface area contributed by atoms with E-state index in [-0.39, 0.29) is 11.9 Å². The van der Waals surface area contributed by atoms with E-state index in [9.17, 15) is 9.59 Å². The van der Waals surface area contributed by atoms with Gasteiger partial charge in [-0.3, -0.25) is 4.79 Å². The van der Waals surface area contributed by atoms with Gasteiger partial charge in [-0.05, 0) is 24.3 Å². The number of benzene rings is 1. The Morgan fingerprint density at radius 3 is 2.19 bits per heavy atom. The molecule has 0 atom stereocenters. The molecule has 0 radical (unpaired) electrons. The summed E-state index contributed by atoms with van der Waals surface area (Å²) in [6.07, 6.45) is 6.10. The number of halogens is 1. The molecule has 3 amide bonds. The molecule has 0 aliphatic carbocycles. The monoisotopic (exact) mass is 438 g/mol. The van der Waals surface area contributed by atoms with Crippen molar-refractivity contribution in [2.75, 3.05) is 41.7 Å². The van der Waals surface area contributed by atoms with E-state index in [1.54, 1.807) is 47.6 Å². The van der Waals surface area contributed by atoms with Crippen LogP contribution in [0.3, 0.4) is 0 Å². The Morgan fingerprint density at radius 1 is 0.871 bits per heavy atom. The molecular formula is C20H19ClN8O2. The summed E-state index contributed by atoms with van der Waals surface area (Å²) in [6.45, 7) is 2.39. The number of rotatable bonds is 4. The second kappa shape index (κ2) is 9.35. The summed E-state index contributed by atoms with van der Waals surface area (Å²) in [7, 11) is 0. The van der Waals surface area contributed by atoms with Gasteiger partial charge in [0.05, 0.1) is 5.02 Å². The van der Waals surface area contributed by atoms with Crippen molar-refractivity contribution < 1.29 is 9.59 Å². The Hall–Kier alpha value is -3.79. The Morgan fingerprint density at radius 2 is 1.52 bits per heavy atom. The first-order valence-electron chi connectivity index (χ1n) is 9.55. The first kappa shape index (κ1) is 20.5. The molecule has 1 fully saturated rings. The molecule has 2 N–H and O–H groups in total. The Labute approximate surface area is 183 Å². The molecule has 11 heteroatoms. The van der Waals surface area contributed by atoms with Crippen molar-refractivity contribution in [1.82, 2.24) is 24.8 Å². The molecule has 0 unspecified atom stereocenters. The molecule has 1 aromatic carbocycles. The van der Waals surface area contributed by atoms with Crippen LogP contribution in [0.15, 0.2) is 55.1 Å². The van der Waals surface area contributed by atoms with Crippen LogP contribution in [-0.4, -0.2) is 63.0 Å². The van der Waals surface area contributed by atoms with Crippen LogP contribution in [0, 0.1) is 0 Å². The largest absolute Gasteiger partial charge is 0.337 e. The smallest absolute Gasteiger partial charge is 0.321 e. The Bertz CT molecular complexity index is 1060. The highest BCUT2D eigenvalue weighted by Gasteiger charge is 2.22. The van der Waals surface area contributed by atoms with Gasteiger partial charge >= 0.3 is 6.03 Å². The number of nitrogens with one attached hydrogen (secondary N) is 2. The van der Waals surface area contributed by atoms with Crippen molar-refractivity contribution in [2.24, 2.45) is 0 Å². The summed E-state index contributed by atoms with van der Waals surface area (Å²) in [5.41, 5.74) is 1.07. The fraction of sp³-hybridized carbons (Fsp3) is 0.200. The number of carbonyl (C=O) groups excluding carboxylic acids is 2. The Balaban J connectivity index is 1.33. The highest BCUT2D eigenvalue weighted by atomic mass is 35.5. The van der Waals surface area contributed by atoms with Crippen LogP contribution >= 0.6 is 11.6 Å². The summed E-state index contributed by atoms with van der Waals surface area (Å²) in [6, 6.07) is 8.42. The highest BCUT2D eigenvalue weighted by molar-refractivity contribution is 6.30. The van der Waals surface area contributed by atoms with Gasteiger partial charge in [-0.25, -0.2) is 24.7 Å². The van der Waals surface area contributed by atoms with Crippen molar-refractivity contribution in [3.05, 3.63) is 66.0 Å². The van der Waals surface area contributed by atoms with E-state index < -0.39 is 5.91 Å². The first-order valence-corrected chi connectivity index (χ1v) is 9.93. The zero-order chi connectivity index (χ0) is 21.6. The van der Waals surface area contributed by atoms with Crippen molar-refractivity contribution in [1.29, 1.82) is 0 Å². The molecule has 158 valence electrons. The molecule has 0 spiro atoms. The summed E-state index contributed by atoms with van der Waals surface area (Å²) in [5, 5.41) is 5.91. The van der Waals surface area contributed by atoms with Crippen molar-refractivity contribution in [3.8, 4) is 0 Å². The normalized spacial score (nSPS) is 13.6. The fourth-order valence-corrected chi connectivity index (χ4v) is 3.16. The molecule has 1 aliphatic rings. The summed E-state index contributed by atoms with van der Waals surface area (Å²) in [5.74, 6) is 0.189. The topological polar surface area (TPSA) is 116 Å². The molecule has 31 heavy (non-hydrogen) atoms. The van der Waals surface area contributed by atoms with Gasteiger partial charge in [0, 0.05) is 62.3 Å². The zero-order valence-corrected chi connectivity index (χ0v) is 17.2. The van der Waals surface area contributed by atoms with E-state index >= 15 is 0 Å². The first-order chi connectivity index (χ1) is 15.1. The van der Waals surface area contributed by atoms with E-state index in [1.807, 2.05) is 4.90 Å². The van der Waals surface area contributed by atoms with Crippen LogP contribution in [0.25, 0.3) is 0 Å². The third-order valence-corrected chi connectivity index (χ3v) is 4.79. The number of nitrogens with zero attached hydrogens (tertiary/aromatic N) is 6.